The zero-order valence-corrected chi connectivity index (χ0v) is 10.5. The molecule has 0 bridgehead atoms. The summed E-state index contributed by atoms with van der Waals surface area (Å²) in [5.41, 5.74) is 6.35. The molecule has 2 aromatic heterocycles. The van der Waals surface area contributed by atoms with E-state index in [0.717, 1.165) is 15.3 Å². The molecule has 0 saturated heterocycles. The van der Waals surface area contributed by atoms with E-state index in [-0.39, 0.29) is 11.4 Å². The molecule has 0 aliphatic heterocycles. The summed E-state index contributed by atoms with van der Waals surface area (Å²) in [5, 5.41) is 1.67. The molecule has 3 nitrogen and oxygen atoms in total. The number of aryl methyl sites for hydroxylation is 1. The Hall–Kier alpha value is -1.72. The summed E-state index contributed by atoms with van der Waals surface area (Å²) in [7, 11) is 0. The highest BCUT2D eigenvalue weighted by Crippen LogP contribution is 2.30. The number of nitrogens with two attached hydrogens (primary N) is 1. The molecule has 0 aliphatic carbocycles. The minimum Gasteiger partial charge on any atom is -0.456 e. The lowest BCUT2D eigenvalue weighted by Gasteiger charge is -2.03. The molecule has 18 heavy (non-hydrogen) atoms. The Bertz CT molecular complexity index is 704. The van der Waals surface area contributed by atoms with Crippen molar-refractivity contribution in [2.75, 3.05) is 0 Å². The van der Waals surface area contributed by atoms with Crippen molar-refractivity contribution in [1.29, 1.82) is 0 Å². The maximum atomic E-state index is 13.5. The standard InChI is InChI=1S/C13H11FN2OS/c1-7-16-6-11(18-7)12(15)10-5-8-3-2-4-9(14)13(8)17-10/h2-6,12H,15H2,1H3. The van der Waals surface area contributed by atoms with Gasteiger partial charge in [0.25, 0.3) is 0 Å². The van der Waals surface area contributed by atoms with Gasteiger partial charge in [0, 0.05) is 16.5 Å². The van der Waals surface area contributed by atoms with Gasteiger partial charge < -0.3 is 10.2 Å². The van der Waals surface area contributed by atoms with Crippen LogP contribution in [-0.4, -0.2) is 4.98 Å². The molecular weight excluding hydrogens is 251 g/mol. The van der Waals surface area contributed by atoms with E-state index in [1.54, 1.807) is 24.4 Å². The van der Waals surface area contributed by atoms with Gasteiger partial charge in [-0.2, -0.15) is 0 Å². The summed E-state index contributed by atoms with van der Waals surface area (Å²) in [4.78, 5) is 5.07. The number of para-hydroxylation sites is 1. The maximum absolute atomic E-state index is 13.5. The van der Waals surface area contributed by atoms with E-state index < -0.39 is 6.04 Å². The van der Waals surface area contributed by atoms with E-state index in [2.05, 4.69) is 4.98 Å². The molecule has 0 aliphatic rings. The summed E-state index contributed by atoms with van der Waals surface area (Å²) in [6, 6.07) is 6.20. The smallest absolute Gasteiger partial charge is 0.169 e. The zero-order valence-electron chi connectivity index (χ0n) is 9.68. The maximum Gasteiger partial charge on any atom is 0.169 e. The van der Waals surface area contributed by atoms with E-state index in [1.807, 2.05) is 6.92 Å². The van der Waals surface area contributed by atoms with Gasteiger partial charge >= 0.3 is 0 Å². The van der Waals surface area contributed by atoms with E-state index in [0.29, 0.717) is 5.76 Å². The van der Waals surface area contributed by atoms with Crippen molar-refractivity contribution in [3.63, 3.8) is 0 Å². The van der Waals surface area contributed by atoms with Crippen LogP contribution in [0.15, 0.2) is 34.9 Å². The molecule has 1 aromatic carbocycles. The Morgan fingerprint density at radius 3 is 2.94 bits per heavy atom. The van der Waals surface area contributed by atoms with Crippen molar-refractivity contribution in [3.8, 4) is 0 Å². The van der Waals surface area contributed by atoms with Gasteiger partial charge in [0.05, 0.1) is 11.0 Å². The third-order valence-corrected chi connectivity index (χ3v) is 3.76. The summed E-state index contributed by atoms with van der Waals surface area (Å²) in [6.07, 6.45) is 1.73. The van der Waals surface area contributed by atoms with E-state index in [9.17, 15) is 4.39 Å². The zero-order chi connectivity index (χ0) is 12.7. The molecule has 0 fully saturated rings. The number of aromatic nitrogens is 1. The summed E-state index contributed by atoms with van der Waals surface area (Å²) in [5.74, 6) is 0.185. The number of rotatable bonds is 2. The van der Waals surface area contributed by atoms with Crippen LogP contribution < -0.4 is 5.73 Å². The van der Waals surface area contributed by atoms with Gasteiger partial charge in [-0.15, -0.1) is 11.3 Å². The minimum atomic E-state index is -0.400. The van der Waals surface area contributed by atoms with Crippen LogP contribution in [0.2, 0.25) is 0 Å². The molecule has 0 radical (unpaired) electrons. The second-order valence-corrected chi connectivity index (χ2v) is 5.33. The highest BCUT2D eigenvalue weighted by molar-refractivity contribution is 7.11. The number of hydrogen-bond acceptors (Lipinski definition) is 4. The van der Waals surface area contributed by atoms with Crippen molar-refractivity contribution < 1.29 is 8.81 Å². The van der Waals surface area contributed by atoms with Crippen LogP contribution >= 0.6 is 11.3 Å². The summed E-state index contributed by atoms with van der Waals surface area (Å²) < 4.78 is 19.0. The molecule has 1 unspecified atom stereocenters. The molecule has 0 saturated carbocycles. The number of thiazole rings is 1. The van der Waals surface area contributed by atoms with Crippen LogP contribution in [0.3, 0.4) is 0 Å². The van der Waals surface area contributed by atoms with Crippen LogP contribution in [0.5, 0.6) is 0 Å². The van der Waals surface area contributed by atoms with Crippen LogP contribution in [0.25, 0.3) is 11.0 Å². The van der Waals surface area contributed by atoms with Gasteiger partial charge in [-0.25, -0.2) is 9.37 Å². The number of hydrogen-bond donors (Lipinski definition) is 1. The normalized spacial score (nSPS) is 13.1. The molecular formula is C13H11FN2OS. The molecule has 3 rings (SSSR count). The van der Waals surface area contributed by atoms with Gasteiger partial charge in [-0.1, -0.05) is 12.1 Å². The molecule has 1 atom stereocenters. The van der Waals surface area contributed by atoms with Crippen molar-refractivity contribution >= 4 is 22.3 Å². The van der Waals surface area contributed by atoms with Crippen LogP contribution in [0.4, 0.5) is 4.39 Å². The van der Waals surface area contributed by atoms with Gasteiger partial charge in [-0.05, 0) is 19.1 Å². The van der Waals surface area contributed by atoms with Crippen molar-refractivity contribution in [2.45, 2.75) is 13.0 Å². The van der Waals surface area contributed by atoms with E-state index in [4.69, 9.17) is 10.2 Å². The Balaban J connectivity index is 2.06. The van der Waals surface area contributed by atoms with Gasteiger partial charge in [0.15, 0.2) is 11.4 Å². The highest BCUT2D eigenvalue weighted by atomic mass is 32.1. The molecule has 3 aromatic rings. The number of benzene rings is 1. The average Bonchev–Trinajstić information content (AvgIpc) is 2.95. The van der Waals surface area contributed by atoms with E-state index >= 15 is 0 Å². The lowest BCUT2D eigenvalue weighted by molar-refractivity contribution is 0.504. The number of furan rings is 1. The van der Waals surface area contributed by atoms with Crippen LogP contribution in [0.1, 0.15) is 21.7 Å². The largest absolute Gasteiger partial charge is 0.456 e. The quantitative estimate of drug-likeness (QED) is 0.770. The first-order chi connectivity index (χ1) is 8.65. The molecule has 5 heteroatoms. The average molecular weight is 262 g/mol. The predicted molar refractivity (Wildman–Crippen MR) is 69.1 cm³/mol. The molecule has 2 N–H and O–H groups in total. The summed E-state index contributed by atoms with van der Waals surface area (Å²) in [6.45, 7) is 1.92. The molecule has 0 spiro atoms. The Labute approximate surface area is 107 Å². The fourth-order valence-electron chi connectivity index (χ4n) is 1.86. The Morgan fingerprint density at radius 1 is 1.44 bits per heavy atom. The number of nitrogens with zero attached hydrogens (tertiary/aromatic N) is 1. The lowest BCUT2D eigenvalue weighted by atomic mass is 10.2. The third-order valence-electron chi connectivity index (χ3n) is 2.77. The predicted octanol–water partition coefficient (Wildman–Crippen LogP) is 3.38. The second-order valence-electron chi connectivity index (χ2n) is 4.07. The van der Waals surface area contributed by atoms with E-state index in [1.165, 1.54) is 17.4 Å². The van der Waals surface area contributed by atoms with Crippen molar-refractivity contribution in [3.05, 3.63) is 51.9 Å². The number of halogens is 1. The first kappa shape index (κ1) is 11.4. The first-order valence-corrected chi connectivity index (χ1v) is 6.32. The van der Waals surface area contributed by atoms with Crippen molar-refractivity contribution in [2.24, 2.45) is 5.73 Å². The summed E-state index contributed by atoms with van der Waals surface area (Å²) >= 11 is 1.51. The fraction of sp³-hybridized carbons (Fsp3) is 0.154. The van der Waals surface area contributed by atoms with Gasteiger partial charge in [0.1, 0.15) is 5.76 Å². The van der Waals surface area contributed by atoms with Crippen molar-refractivity contribution in [1.82, 2.24) is 4.98 Å². The van der Waals surface area contributed by atoms with Gasteiger partial charge in [-0.3, -0.25) is 0 Å². The van der Waals surface area contributed by atoms with Crippen LogP contribution in [0, 0.1) is 12.7 Å². The lowest BCUT2D eigenvalue weighted by Crippen LogP contribution is -2.08. The van der Waals surface area contributed by atoms with Crippen LogP contribution in [-0.2, 0) is 0 Å². The second kappa shape index (κ2) is 4.19. The molecule has 2 heterocycles. The first-order valence-electron chi connectivity index (χ1n) is 5.51. The SMILES string of the molecule is Cc1ncc(C(N)c2cc3cccc(F)c3o2)s1. The molecule has 92 valence electrons. The fourth-order valence-corrected chi connectivity index (χ4v) is 2.66. The third kappa shape index (κ3) is 1.81. The Kier molecular flexibility index (Phi) is 2.65. The minimum absolute atomic E-state index is 0.254. The van der Waals surface area contributed by atoms with Gasteiger partial charge in [0.2, 0.25) is 0 Å². The topological polar surface area (TPSA) is 52.0 Å². The number of fused-ring (bicyclic) bond motifs is 1. The molecule has 0 amide bonds. The highest BCUT2D eigenvalue weighted by Gasteiger charge is 2.17. The monoisotopic (exact) mass is 262 g/mol. The Morgan fingerprint density at radius 2 is 2.28 bits per heavy atom.